The molecule has 2 unspecified atom stereocenters. The lowest BCUT2D eigenvalue weighted by Gasteiger charge is -2.17. The minimum atomic E-state index is -0.755. The van der Waals surface area contributed by atoms with Crippen molar-refractivity contribution in [3.05, 3.63) is 23.8 Å². The Morgan fingerprint density at radius 3 is 2.45 bits per heavy atom. The first-order valence-electron chi connectivity index (χ1n) is 6.40. The fourth-order valence-electron chi connectivity index (χ4n) is 1.85. The van der Waals surface area contributed by atoms with Gasteiger partial charge in [0.15, 0.2) is 0 Å². The third-order valence-electron chi connectivity index (χ3n) is 2.87. The molecule has 0 aliphatic heterocycles. The van der Waals surface area contributed by atoms with Crippen LogP contribution < -0.4 is 14.8 Å². The van der Waals surface area contributed by atoms with Gasteiger partial charge in [-0.3, -0.25) is 0 Å². The van der Waals surface area contributed by atoms with Gasteiger partial charge in [-0.1, -0.05) is 0 Å². The zero-order valence-corrected chi connectivity index (χ0v) is 12.1. The van der Waals surface area contributed by atoms with Crippen LogP contribution in [0.2, 0.25) is 0 Å². The average Bonchev–Trinajstić information content (AvgIpc) is 2.46. The molecule has 0 bridgehead atoms. The van der Waals surface area contributed by atoms with Crippen LogP contribution in [0.4, 0.5) is 0 Å². The number of rotatable bonds is 9. The van der Waals surface area contributed by atoms with Gasteiger partial charge in [-0.15, -0.1) is 0 Å². The van der Waals surface area contributed by atoms with Gasteiger partial charge >= 0.3 is 0 Å². The van der Waals surface area contributed by atoms with Gasteiger partial charge in [-0.25, -0.2) is 0 Å². The molecule has 0 aliphatic carbocycles. The quantitative estimate of drug-likeness (QED) is 0.607. The fourth-order valence-corrected chi connectivity index (χ4v) is 1.85. The first-order chi connectivity index (χ1) is 9.62. The van der Waals surface area contributed by atoms with E-state index in [9.17, 15) is 10.2 Å². The summed E-state index contributed by atoms with van der Waals surface area (Å²) in [6.45, 7) is 0.896. The minimum absolute atomic E-state index is 0.256. The second-order valence-corrected chi connectivity index (χ2v) is 4.39. The van der Waals surface area contributed by atoms with Crippen LogP contribution in [0.5, 0.6) is 11.5 Å². The lowest BCUT2D eigenvalue weighted by molar-refractivity contribution is 0.0615. The van der Waals surface area contributed by atoms with Crippen LogP contribution in [0, 0.1) is 0 Å². The first kappa shape index (κ1) is 16.7. The van der Waals surface area contributed by atoms with E-state index in [1.807, 2.05) is 0 Å². The van der Waals surface area contributed by atoms with E-state index in [0.29, 0.717) is 30.2 Å². The van der Waals surface area contributed by atoms with Crippen molar-refractivity contribution in [3.63, 3.8) is 0 Å². The number of aliphatic hydroxyl groups is 2. The van der Waals surface area contributed by atoms with Gasteiger partial charge in [-0.2, -0.15) is 0 Å². The molecular formula is C14H23NO5. The summed E-state index contributed by atoms with van der Waals surface area (Å²) in [7, 11) is 4.64. The second kappa shape index (κ2) is 8.76. The van der Waals surface area contributed by atoms with E-state index in [1.165, 1.54) is 7.11 Å². The molecular weight excluding hydrogens is 262 g/mol. The highest BCUT2D eigenvalue weighted by Gasteiger charge is 2.15. The van der Waals surface area contributed by atoms with Crippen molar-refractivity contribution in [2.45, 2.75) is 12.2 Å². The van der Waals surface area contributed by atoms with E-state index in [-0.39, 0.29) is 6.61 Å². The number of methoxy groups -OCH3 is 3. The number of hydrogen-bond donors (Lipinski definition) is 3. The molecule has 6 heteroatoms. The van der Waals surface area contributed by atoms with Gasteiger partial charge in [0.25, 0.3) is 0 Å². The number of aliphatic hydroxyl groups excluding tert-OH is 2. The fraction of sp³-hybridized carbons (Fsp3) is 0.571. The number of hydrogen-bond acceptors (Lipinski definition) is 6. The maximum atomic E-state index is 10.2. The van der Waals surface area contributed by atoms with Crippen LogP contribution in [0.15, 0.2) is 18.2 Å². The van der Waals surface area contributed by atoms with Crippen LogP contribution in [0.1, 0.15) is 11.7 Å². The van der Waals surface area contributed by atoms with Crippen molar-refractivity contribution < 1.29 is 24.4 Å². The van der Waals surface area contributed by atoms with E-state index >= 15 is 0 Å². The van der Waals surface area contributed by atoms with Gasteiger partial charge in [0.1, 0.15) is 11.5 Å². The maximum Gasteiger partial charge on any atom is 0.124 e. The Morgan fingerprint density at radius 1 is 1.10 bits per heavy atom. The van der Waals surface area contributed by atoms with Gasteiger partial charge in [0, 0.05) is 25.8 Å². The van der Waals surface area contributed by atoms with Crippen molar-refractivity contribution in [2.75, 3.05) is 41.0 Å². The van der Waals surface area contributed by atoms with Crippen LogP contribution in [-0.2, 0) is 4.74 Å². The molecule has 114 valence electrons. The standard InChI is InChI=1S/C14H23NO5/c1-18-9-10(16)7-15-8-13(17)12-6-11(19-2)4-5-14(12)20-3/h4-6,10,13,15-17H,7-9H2,1-3H3. The zero-order chi connectivity index (χ0) is 15.0. The highest BCUT2D eigenvalue weighted by atomic mass is 16.5. The summed E-state index contributed by atoms with van der Waals surface area (Å²) in [6.07, 6.45) is -1.35. The summed E-state index contributed by atoms with van der Waals surface area (Å²) in [4.78, 5) is 0. The van der Waals surface area contributed by atoms with Crippen molar-refractivity contribution in [1.82, 2.24) is 5.32 Å². The molecule has 0 saturated heterocycles. The van der Waals surface area contributed by atoms with E-state index in [0.717, 1.165) is 0 Å². The molecule has 0 amide bonds. The third-order valence-corrected chi connectivity index (χ3v) is 2.87. The minimum Gasteiger partial charge on any atom is -0.497 e. The van der Waals surface area contributed by atoms with Crippen molar-refractivity contribution in [2.24, 2.45) is 0 Å². The molecule has 2 atom stereocenters. The molecule has 3 N–H and O–H groups in total. The summed E-state index contributed by atoms with van der Waals surface area (Å²) < 4.78 is 15.2. The number of benzene rings is 1. The summed E-state index contributed by atoms with van der Waals surface area (Å²) >= 11 is 0. The molecule has 1 rings (SSSR count). The Bertz CT molecular complexity index is 399. The molecule has 0 aliphatic rings. The molecule has 0 saturated carbocycles. The summed E-state index contributed by atoms with van der Waals surface area (Å²) in [5, 5.41) is 22.7. The number of ether oxygens (including phenoxy) is 3. The SMILES string of the molecule is COCC(O)CNCC(O)c1cc(OC)ccc1OC. The first-order valence-corrected chi connectivity index (χ1v) is 6.40. The molecule has 0 aromatic heterocycles. The maximum absolute atomic E-state index is 10.2. The van der Waals surface area contributed by atoms with E-state index in [4.69, 9.17) is 14.2 Å². The molecule has 1 aromatic carbocycles. The normalized spacial score (nSPS) is 13.8. The lowest BCUT2D eigenvalue weighted by Crippen LogP contribution is -2.32. The van der Waals surface area contributed by atoms with E-state index < -0.39 is 12.2 Å². The van der Waals surface area contributed by atoms with E-state index in [1.54, 1.807) is 32.4 Å². The largest absolute Gasteiger partial charge is 0.497 e. The average molecular weight is 285 g/mol. The van der Waals surface area contributed by atoms with Crippen molar-refractivity contribution in [1.29, 1.82) is 0 Å². The molecule has 0 spiro atoms. The molecule has 20 heavy (non-hydrogen) atoms. The smallest absolute Gasteiger partial charge is 0.124 e. The Labute approximate surface area is 119 Å². The molecule has 0 fully saturated rings. The van der Waals surface area contributed by atoms with Crippen molar-refractivity contribution in [3.8, 4) is 11.5 Å². The van der Waals surface area contributed by atoms with Gasteiger partial charge < -0.3 is 29.7 Å². The Kier molecular flexibility index (Phi) is 7.32. The van der Waals surface area contributed by atoms with Crippen LogP contribution >= 0.6 is 0 Å². The summed E-state index contributed by atoms with van der Waals surface area (Å²) in [6, 6.07) is 5.25. The monoisotopic (exact) mass is 285 g/mol. The Balaban J connectivity index is 2.59. The Hall–Kier alpha value is -1.34. The van der Waals surface area contributed by atoms with Gasteiger partial charge in [0.2, 0.25) is 0 Å². The zero-order valence-electron chi connectivity index (χ0n) is 12.1. The van der Waals surface area contributed by atoms with Crippen molar-refractivity contribution >= 4 is 0 Å². The summed E-state index contributed by atoms with van der Waals surface area (Å²) in [5.74, 6) is 1.25. The number of nitrogens with one attached hydrogen (secondary N) is 1. The molecule has 0 radical (unpaired) electrons. The van der Waals surface area contributed by atoms with Crippen LogP contribution in [0.3, 0.4) is 0 Å². The van der Waals surface area contributed by atoms with Crippen LogP contribution in [-0.4, -0.2) is 57.3 Å². The molecule has 0 heterocycles. The lowest BCUT2D eigenvalue weighted by atomic mass is 10.1. The predicted molar refractivity (Wildman–Crippen MR) is 75.3 cm³/mol. The summed E-state index contributed by atoms with van der Waals surface area (Å²) in [5.41, 5.74) is 0.639. The van der Waals surface area contributed by atoms with Gasteiger partial charge in [-0.05, 0) is 18.2 Å². The van der Waals surface area contributed by atoms with E-state index in [2.05, 4.69) is 5.32 Å². The predicted octanol–water partition coefficient (Wildman–Crippen LogP) is 0.334. The Morgan fingerprint density at radius 2 is 1.85 bits per heavy atom. The topological polar surface area (TPSA) is 80.2 Å². The van der Waals surface area contributed by atoms with Crippen LogP contribution in [0.25, 0.3) is 0 Å². The second-order valence-electron chi connectivity index (χ2n) is 4.39. The van der Waals surface area contributed by atoms with Gasteiger partial charge in [0.05, 0.1) is 33.0 Å². The highest BCUT2D eigenvalue weighted by molar-refractivity contribution is 5.41. The highest BCUT2D eigenvalue weighted by Crippen LogP contribution is 2.28. The third kappa shape index (κ3) is 4.97. The molecule has 6 nitrogen and oxygen atoms in total. The molecule has 1 aromatic rings.